The largest absolute Gasteiger partial charge is 0.255 e. The first-order chi connectivity index (χ1) is 13.8. The van der Waals surface area contributed by atoms with Crippen LogP contribution in [0.4, 0.5) is 8.78 Å². The highest BCUT2D eigenvalue weighted by Gasteiger charge is 2.25. The third kappa shape index (κ3) is 3.50. The van der Waals surface area contributed by atoms with Crippen LogP contribution in [0, 0.1) is 18.6 Å². The Bertz CT molecular complexity index is 1370. The summed E-state index contributed by atoms with van der Waals surface area (Å²) in [6.07, 6.45) is 1.17. The lowest BCUT2D eigenvalue weighted by molar-refractivity contribution is 0.596. The van der Waals surface area contributed by atoms with Crippen molar-refractivity contribution >= 4 is 32.3 Å². The van der Waals surface area contributed by atoms with Gasteiger partial charge in [-0.15, -0.1) is 0 Å². The summed E-state index contributed by atoms with van der Waals surface area (Å²) in [4.78, 5) is 4.02. The summed E-state index contributed by atoms with van der Waals surface area (Å²) in [5, 5.41) is 0.713. The average molecular weight is 430 g/mol. The van der Waals surface area contributed by atoms with Crippen LogP contribution < -0.4 is 0 Å². The number of aryl methyl sites for hydroxylation is 1. The van der Waals surface area contributed by atoms with Gasteiger partial charge >= 0.3 is 0 Å². The number of nitrogens with zero attached hydrogens (tertiary/aromatic N) is 1. The topological polar surface area (TPSA) is 47.0 Å². The van der Waals surface area contributed by atoms with Gasteiger partial charge in [-0.1, -0.05) is 29.8 Å². The number of fused-ring (bicyclic) bond motifs is 1. The predicted molar refractivity (Wildman–Crippen MR) is 109 cm³/mol. The third-order valence-corrected chi connectivity index (χ3v) is 6.82. The minimum atomic E-state index is -4.03. The van der Waals surface area contributed by atoms with Gasteiger partial charge < -0.3 is 0 Å². The van der Waals surface area contributed by atoms with Gasteiger partial charge in [-0.05, 0) is 54.4 Å². The van der Waals surface area contributed by atoms with E-state index in [0.29, 0.717) is 16.0 Å². The van der Waals surface area contributed by atoms with Crippen molar-refractivity contribution in [2.45, 2.75) is 16.7 Å². The molecule has 7 heteroatoms. The van der Waals surface area contributed by atoms with Gasteiger partial charge in [-0.2, -0.15) is 0 Å². The molecule has 1 aromatic heterocycles. The number of hydrogen-bond acceptors (Lipinski definition) is 3. The van der Waals surface area contributed by atoms with E-state index in [1.165, 1.54) is 54.7 Å². The second kappa shape index (κ2) is 7.21. The quantitative estimate of drug-likeness (QED) is 0.402. The van der Waals surface area contributed by atoms with E-state index in [0.717, 1.165) is 5.56 Å². The van der Waals surface area contributed by atoms with Gasteiger partial charge in [0.15, 0.2) is 0 Å². The van der Waals surface area contributed by atoms with Gasteiger partial charge in [-0.25, -0.2) is 17.2 Å². The second-order valence-corrected chi connectivity index (χ2v) is 8.91. The molecule has 3 nitrogen and oxygen atoms in total. The van der Waals surface area contributed by atoms with E-state index in [-0.39, 0.29) is 20.9 Å². The van der Waals surface area contributed by atoms with E-state index < -0.39 is 21.5 Å². The van der Waals surface area contributed by atoms with E-state index in [1.807, 2.05) is 0 Å². The molecule has 0 N–H and O–H groups in total. The zero-order chi connectivity index (χ0) is 20.8. The summed E-state index contributed by atoms with van der Waals surface area (Å²) in [5.41, 5.74) is 1.61. The smallest absolute Gasteiger partial charge is 0.208 e. The zero-order valence-corrected chi connectivity index (χ0v) is 16.7. The Balaban J connectivity index is 2.08. The Morgan fingerprint density at radius 2 is 1.69 bits per heavy atom. The van der Waals surface area contributed by atoms with Crippen molar-refractivity contribution in [2.24, 2.45) is 0 Å². The van der Waals surface area contributed by atoms with Gasteiger partial charge in [0.25, 0.3) is 0 Å². The van der Waals surface area contributed by atoms with Crippen molar-refractivity contribution in [1.29, 1.82) is 0 Å². The highest BCUT2D eigenvalue weighted by molar-refractivity contribution is 7.91. The first kappa shape index (κ1) is 19.5. The second-order valence-electron chi connectivity index (χ2n) is 6.58. The Morgan fingerprint density at radius 1 is 0.931 bits per heavy atom. The van der Waals surface area contributed by atoms with Gasteiger partial charge in [0, 0.05) is 28.2 Å². The van der Waals surface area contributed by atoms with Crippen LogP contribution in [0.15, 0.2) is 76.7 Å². The van der Waals surface area contributed by atoms with Crippen molar-refractivity contribution in [2.75, 3.05) is 0 Å². The Morgan fingerprint density at radius 3 is 2.41 bits per heavy atom. The number of rotatable bonds is 3. The molecule has 0 bridgehead atoms. The molecule has 4 aromatic rings. The van der Waals surface area contributed by atoms with Crippen LogP contribution in [0.5, 0.6) is 0 Å². The maximum atomic E-state index is 13.9. The molecule has 0 aliphatic carbocycles. The van der Waals surface area contributed by atoms with E-state index in [9.17, 15) is 17.2 Å². The van der Waals surface area contributed by atoms with Gasteiger partial charge in [0.1, 0.15) is 11.6 Å². The molecule has 3 aromatic carbocycles. The Kier molecular flexibility index (Phi) is 4.84. The summed E-state index contributed by atoms with van der Waals surface area (Å²) in [6.45, 7) is 1.77. The highest BCUT2D eigenvalue weighted by atomic mass is 35.5. The molecule has 0 amide bonds. The third-order valence-electron chi connectivity index (χ3n) is 4.65. The molecule has 0 aliphatic rings. The lowest BCUT2D eigenvalue weighted by atomic mass is 10.0. The van der Waals surface area contributed by atoms with Crippen LogP contribution in [0.25, 0.3) is 22.0 Å². The van der Waals surface area contributed by atoms with E-state index >= 15 is 0 Å². The summed E-state index contributed by atoms with van der Waals surface area (Å²) in [5.74, 6) is -1.02. The van der Waals surface area contributed by atoms with Crippen LogP contribution >= 0.6 is 11.6 Å². The number of aromatic nitrogens is 1. The molecular formula is C22H14ClF2NO2S. The van der Waals surface area contributed by atoms with E-state index in [1.54, 1.807) is 19.1 Å². The zero-order valence-electron chi connectivity index (χ0n) is 15.2. The number of halogens is 3. The molecule has 29 heavy (non-hydrogen) atoms. The van der Waals surface area contributed by atoms with Crippen molar-refractivity contribution in [3.05, 3.63) is 89.1 Å². The Hall–Kier alpha value is -2.83. The van der Waals surface area contributed by atoms with Crippen LogP contribution in [0.1, 0.15) is 5.56 Å². The molecule has 0 unspecified atom stereocenters. The monoisotopic (exact) mass is 429 g/mol. The summed E-state index contributed by atoms with van der Waals surface area (Å²) < 4.78 is 54.4. The normalized spacial score (nSPS) is 11.7. The molecule has 1 heterocycles. The summed E-state index contributed by atoms with van der Waals surface area (Å²) >= 11 is 6.13. The summed E-state index contributed by atoms with van der Waals surface area (Å²) in [6, 6.07) is 13.9. The average Bonchev–Trinajstić information content (AvgIpc) is 2.68. The first-order valence-electron chi connectivity index (χ1n) is 8.63. The molecule has 0 fully saturated rings. The van der Waals surface area contributed by atoms with Crippen LogP contribution in [0.2, 0.25) is 5.02 Å². The van der Waals surface area contributed by atoms with Crippen molar-refractivity contribution in [3.63, 3.8) is 0 Å². The molecule has 0 saturated heterocycles. The lowest BCUT2D eigenvalue weighted by Gasteiger charge is -2.14. The van der Waals surface area contributed by atoms with E-state index in [2.05, 4.69) is 4.98 Å². The number of benzene rings is 3. The molecule has 4 rings (SSSR count). The summed E-state index contributed by atoms with van der Waals surface area (Å²) in [7, 11) is -4.03. The fourth-order valence-corrected chi connectivity index (χ4v) is 4.87. The van der Waals surface area contributed by atoms with Crippen LogP contribution in [-0.4, -0.2) is 13.4 Å². The van der Waals surface area contributed by atoms with Crippen molar-refractivity contribution in [1.82, 2.24) is 4.98 Å². The molecular weight excluding hydrogens is 416 g/mol. The SMILES string of the molecule is Cc1ccc(S(=O)(=O)c2cnc3cc(F)ccc3c2-c2cccc(F)c2)cc1Cl. The number of pyridine rings is 1. The predicted octanol–water partition coefficient (Wildman–Crippen LogP) is 5.97. The lowest BCUT2D eigenvalue weighted by Crippen LogP contribution is -2.06. The molecule has 0 saturated carbocycles. The maximum Gasteiger partial charge on any atom is 0.208 e. The highest BCUT2D eigenvalue weighted by Crippen LogP contribution is 2.37. The first-order valence-corrected chi connectivity index (χ1v) is 10.5. The molecule has 0 spiro atoms. The number of sulfone groups is 1. The van der Waals surface area contributed by atoms with Gasteiger partial charge in [-0.3, -0.25) is 4.98 Å². The minimum Gasteiger partial charge on any atom is -0.255 e. The molecule has 146 valence electrons. The standard InChI is InChI=1S/C22H14ClF2NO2S/c1-13-5-7-17(11-19(13)23)29(27,28)21-12-26-20-10-16(25)6-8-18(20)22(21)14-3-2-4-15(24)9-14/h2-12H,1H3. The van der Waals surface area contributed by atoms with Gasteiger partial charge in [0.05, 0.1) is 15.3 Å². The van der Waals surface area contributed by atoms with Crippen molar-refractivity contribution < 1.29 is 17.2 Å². The van der Waals surface area contributed by atoms with Crippen LogP contribution in [0.3, 0.4) is 0 Å². The maximum absolute atomic E-state index is 13.9. The molecule has 0 atom stereocenters. The Labute approximate surface area is 171 Å². The number of hydrogen-bond donors (Lipinski definition) is 0. The fourth-order valence-electron chi connectivity index (χ4n) is 3.16. The molecule has 0 radical (unpaired) electrons. The van der Waals surface area contributed by atoms with Crippen molar-refractivity contribution in [3.8, 4) is 11.1 Å². The van der Waals surface area contributed by atoms with E-state index in [4.69, 9.17) is 11.6 Å². The van der Waals surface area contributed by atoms with Gasteiger partial charge in [0.2, 0.25) is 9.84 Å². The van der Waals surface area contributed by atoms with Crippen LogP contribution in [-0.2, 0) is 9.84 Å². The fraction of sp³-hybridized carbons (Fsp3) is 0.0455. The molecule has 0 aliphatic heterocycles. The minimum absolute atomic E-state index is 0.00554.